The smallest absolute Gasteiger partial charge is 0.346 e. The van der Waals surface area contributed by atoms with Gasteiger partial charge in [-0.05, 0) is 108 Å². The Kier molecular flexibility index (Phi) is 8.11. The van der Waals surface area contributed by atoms with E-state index in [-0.39, 0.29) is 39.3 Å². The van der Waals surface area contributed by atoms with E-state index in [9.17, 15) is 28.8 Å². The molecular weight excluding hydrogens is 664 g/mol. The van der Waals surface area contributed by atoms with E-state index in [2.05, 4.69) is 15.5 Å². The maximum Gasteiger partial charge on any atom is 0.346 e. The van der Waals surface area contributed by atoms with Crippen molar-refractivity contribution < 1.29 is 47.7 Å². The number of benzene rings is 5. The summed E-state index contributed by atoms with van der Waals surface area (Å²) in [5.41, 5.74) is 5.40. The molecule has 0 amide bonds. The van der Waals surface area contributed by atoms with Crippen LogP contribution in [0.5, 0.6) is 11.5 Å². The standard InChI is InChI=1S/C42H26O10/c43-37(28-12-17-31-34(21-28)41(47)51-39(31)45)49-30-15-10-24(11-16-30)23-6-8-25(9-7-23)27-14-19-36(33(20-27)26-4-2-1-3-5-26)50-38(44)29-13-18-32-35(22-29)42(48)52-40(32)46/h1-5,8,10-23H,6-7,9H2. The molecule has 0 radical (unpaired) electrons. The van der Waals surface area contributed by atoms with Crippen LogP contribution in [-0.2, 0) is 9.47 Å². The van der Waals surface area contributed by atoms with Crippen LogP contribution in [0, 0.1) is 0 Å². The molecule has 0 spiro atoms. The molecule has 0 saturated heterocycles. The molecule has 52 heavy (non-hydrogen) atoms. The third-order valence-electron chi connectivity index (χ3n) is 9.37. The Balaban J connectivity index is 0.961. The maximum atomic E-state index is 13.2. The van der Waals surface area contributed by atoms with Gasteiger partial charge in [-0.25, -0.2) is 28.8 Å². The summed E-state index contributed by atoms with van der Waals surface area (Å²) in [4.78, 5) is 73.4. The fourth-order valence-electron chi connectivity index (χ4n) is 6.62. The normalized spacial score (nSPS) is 16.0. The van der Waals surface area contributed by atoms with Gasteiger partial charge in [0.2, 0.25) is 0 Å². The topological polar surface area (TPSA) is 139 Å². The van der Waals surface area contributed by atoms with Gasteiger partial charge in [0.1, 0.15) is 11.5 Å². The molecule has 0 fully saturated rings. The summed E-state index contributed by atoms with van der Waals surface area (Å²) in [6.07, 6.45) is 4.70. The van der Waals surface area contributed by atoms with Crippen LogP contribution in [0.4, 0.5) is 0 Å². The lowest BCUT2D eigenvalue weighted by Crippen LogP contribution is -2.11. The van der Waals surface area contributed by atoms with Crippen molar-refractivity contribution in [2.24, 2.45) is 0 Å². The van der Waals surface area contributed by atoms with Gasteiger partial charge in [-0.15, -0.1) is 0 Å². The summed E-state index contributed by atoms with van der Waals surface area (Å²) >= 11 is 0. The van der Waals surface area contributed by atoms with Crippen LogP contribution in [0.15, 0.2) is 115 Å². The summed E-state index contributed by atoms with van der Waals surface area (Å²) in [6.45, 7) is 0. The number of ether oxygens (including phenoxy) is 4. The summed E-state index contributed by atoms with van der Waals surface area (Å²) in [5.74, 6) is -3.45. The van der Waals surface area contributed by atoms with Crippen LogP contribution in [0.1, 0.15) is 98.5 Å². The predicted molar refractivity (Wildman–Crippen MR) is 185 cm³/mol. The van der Waals surface area contributed by atoms with Crippen LogP contribution in [0.25, 0.3) is 16.7 Å². The van der Waals surface area contributed by atoms with Gasteiger partial charge in [-0.1, -0.05) is 54.6 Å². The highest BCUT2D eigenvalue weighted by Crippen LogP contribution is 2.40. The van der Waals surface area contributed by atoms with Gasteiger partial charge in [0.15, 0.2) is 0 Å². The second-order valence-electron chi connectivity index (χ2n) is 12.5. The van der Waals surface area contributed by atoms with E-state index in [1.165, 1.54) is 42.0 Å². The molecule has 2 aliphatic heterocycles. The summed E-state index contributed by atoms with van der Waals surface area (Å²) in [6, 6.07) is 30.8. The Labute approximate surface area is 296 Å². The van der Waals surface area contributed by atoms with Gasteiger partial charge in [-0.2, -0.15) is 0 Å². The van der Waals surface area contributed by atoms with E-state index in [0.717, 1.165) is 41.5 Å². The van der Waals surface area contributed by atoms with E-state index in [1.807, 2.05) is 54.6 Å². The minimum absolute atomic E-state index is 0.0295. The second-order valence-corrected chi connectivity index (χ2v) is 12.5. The third-order valence-corrected chi connectivity index (χ3v) is 9.37. The Morgan fingerprint density at radius 1 is 0.558 bits per heavy atom. The lowest BCUT2D eigenvalue weighted by Gasteiger charge is -2.23. The van der Waals surface area contributed by atoms with Gasteiger partial charge >= 0.3 is 35.8 Å². The van der Waals surface area contributed by atoms with Crippen molar-refractivity contribution in [3.63, 3.8) is 0 Å². The SMILES string of the molecule is O=C(Oc1ccc(C2CC=C(c3ccc(OC(=O)c4ccc5c(c4)C(=O)OC5=O)c(-c4ccccc4)c3)CC2)cc1)c1ccc2c(c1)C(=O)OC2=O. The van der Waals surface area contributed by atoms with Crippen LogP contribution >= 0.6 is 0 Å². The lowest BCUT2D eigenvalue weighted by atomic mass is 9.82. The minimum atomic E-state index is -0.797. The van der Waals surface area contributed by atoms with Crippen molar-refractivity contribution in [2.75, 3.05) is 0 Å². The molecule has 10 heteroatoms. The zero-order valence-electron chi connectivity index (χ0n) is 27.3. The highest BCUT2D eigenvalue weighted by molar-refractivity contribution is 6.16. The van der Waals surface area contributed by atoms with Gasteiger partial charge in [0.25, 0.3) is 0 Å². The van der Waals surface area contributed by atoms with Crippen LogP contribution in [-0.4, -0.2) is 35.8 Å². The molecular formula is C42H26O10. The number of carbonyl (C=O) groups excluding carboxylic acids is 6. The van der Waals surface area contributed by atoms with E-state index >= 15 is 0 Å². The average molecular weight is 691 g/mol. The largest absolute Gasteiger partial charge is 0.423 e. The molecule has 8 rings (SSSR count). The number of hydrogen-bond donors (Lipinski definition) is 0. The minimum Gasteiger partial charge on any atom is -0.423 e. The Bertz CT molecular complexity index is 2390. The first kappa shape index (κ1) is 32.3. The van der Waals surface area contributed by atoms with Crippen molar-refractivity contribution in [2.45, 2.75) is 25.2 Å². The molecule has 5 aromatic rings. The van der Waals surface area contributed by atoms with Crippen LogP contribution in [0.2, 0.25) is 0 Å². The van der Waals surface area contributed by atoms with E-state index < -0.39 is 35.8 Å². The molecule has 1 unspecified atom stereocenters. The van der Waals surface area contributed by atoms with Gasteiger partial charge in [0, 0.05) is 5.56 Å². The quantitative estimate of drug-likeness (QED) is 0.0946. The van der Waals surface area contributed by atoms with E-state index in [1.54, 1.807) is 18.2 Å². The monoisotopic (exact) mass is 690 g/mol. The highest BCUT2D eigenvalue weighted by Gasteiger charge is 2.32. The summed E-state index contributed by atoms with van der Waals surface area (Å²) < 4.78 is 20.6. The lowest BCUT2D eigenvalue weighted by molar-refractivity contribution is 0.0425. The van der Waals surface area contributed by atoms with Crippen LogP contribution < -0.4 is 9.47 Å². The molecule has 1 atom stereocenters. The summed E-state index contributed by atoms with van der Waals surface area (Å²) in [5, 5.41) is 0. The zero-order valence-corrected chi connectivity index (χ0v) is 27.3. The fourth-order valence-corrected chi connectivity index (χ4v) is 6.62. The number of rotatable bonds is 7. The molecule has 0 saturated carbocycles. The fraction of sp³-hybridized carbons (Fsp3) is 0.0952. The number of esters is 6. The first-order chi connectivity index (χ1) is 25.2. The van der Waals surface area contributed by atoms with Crippen LogP contribution in [0.3, 0.4) is 0 Å². The molecule has 2 heterocycles. The van der Waals surface area contributed by atoms with Gasteiger partial charge in [0.05, 0.1) is 33.4 Å². The van der Waals surface area contributed by atoms with Crippen molar-refractivity contribution in [1.82, 2.24) is 0 Å². The molecule has 1 aliphatic carbocycles. The Morgan fingerprint density at radius 3 is 1.75 bits per heavy atom. The first-order valence-electron chi connectivity index (χ1n) is 16.5. The molecule has 254 valence electrons. The molecule has 0 aromatic heterocycles. The van der Waals surface area contributed by atoms with Crippen molar-refractivity contribution in [3.05, 3.63) is 160 Å². The molecule has 5 aromatic carbocycles. The van der Waals surface area contributed by atoms with Crippen molar-refractivity contribution in [1.29, 1.82) is 0 Å². The third kappa shape index (κ3) is 6.07. The first-order valence-corrected chi connectivity index (χ1v) is 16.5. The van der Waals surface area contributed by atoms with Crippen molar-refractivity contribution >= 4 is 41.4 Å². The Hall–Kier alpha value is -6.94. The maximum absolute atomic E-state index is 13.2. The predicted octanol–water partition coefficient (Wildman–Crippen LogP) is 7.76. The number of fused-ring (bicyclic) bond motifs is 2. The Morgan fingerprint density at radius 2 is 1.15 bits per heavy atom. The number of carbonyl (C=O) groups is 6. The van der Waals surface area contributed by atoms with Crippen molar-refractivity contribution in [3.8, 4) is 22.6 Å². The number of hydrogen-bond acceptors (Lipinski definition) is 10. The molecule has 0 N–H and O–H groups in total. The summed E-state index contributed by atoms with van der Waals surface area (Å²) in [7, 11) is 0. The van der Waals surface area contributed by atoms with E-state index in [0.29, 0.717) is 11.5 Å². The number of cyclic esters (lactones) is 4. The second kappa shape index (κ2) is 13.1. The zero-order chi connectivity index (χ0) is 35.9. The van der Waals surface area contributed by atoms with E-state index in [4.69, 9.17) is 9.47 Å². The molecule has 0 bridgehead atoms. The number of allylic oxidation sites excluding steroid dienone is 2. The average Bonchev–Trinajstić information content (AvgIpc) is 3.63. The molecule has 3 aliphatic rings. The van der Waals surface area contributed by atoms with Gasteiger partial charge < -0.3 is 18.9 Å². The van der Waals surface area contributed by atoms with Gasteiger partial charge in [-0.3, -0.25) is 0 Å². The highest BCUT2D eigenvalue weighted by atomic mass is 16.6. The molecule has 10 nitrogen and oxygen atoms in total.